The number of aliphatic hydroxyl groups is 2. The summed E-state index contributed by atoms with van der Waals surface area (Å²) < 4.78 is 0. The lowest BCUT2D eigenvalue weighted by molar-refractivity contribution is 0.269. The van der Waals surface area contributed by atoms with Gasteiger partial charge in [0.15, 0.2) is 0 Å². The second-order valence-corrected chi connectivity index (χ2v) is 2.30. The molecule has 0 rings (SSSR count). The Balaban J connectivity index is 0. The molecular formula is C7H14ClNO2. The molecule has 66 valence electrons. The molecule has 0 atom stereocenters. The lowest BCUT2D eigenvalue weighted by atomic mass is 10.4. The van der Waals surface area contributed by atoms with Gasteiger partial charge in [-0.3, -0.25) is 4.90 Å². The molecule has 0 fully saturated rings. The number of halogens is 1. The molecule has 0 aliphatic rings. The second-order valence-electron chi connectivity index (χ2n) is 2.30. The molecule has 0 unspecified atom stereocenters. The summed E-state index contributed by atoms with van der Waals surface area (Å²) in [5, 5.41) is 17.4. The highest BCUT2D eigenvalue weighted by Gasteiger charge is 1.99. The van der Waals surface area contributed by atoms with E-state index < -0.39 is 0 Å². The fourth-order valence-corrected chi connectivity index (χ4v) is 0.679. The van der Waals surface area contributed by atoms with Gasteiger partial charge in [0.2, 0.25) is 0 Å². The normalized spacial score (nSPS) is 8.91. The van der Waals surface area contributed by atoms with Gasteiger partial charge in [-0.05, 0) is 7.05 Å². The molecule has 0 spiro atoms. The van der Waals surface area contributed by atoms with Crippen molar-refractivity contribution in [2.24, 2.45) is 0 Å². The quantitative estimate of drug-likeness (QED) is 0.643. The minimum Gasteiger partial charge on any atom is -0.512 e. The molecule has 0 aliphatic heterocycles. The fraction of sp³-hybridized carbons (Fsp3) is 0.429. The van der Waals surface area contributed by atoms with E-state index in [1.807, 2.05) is 0 Å². The predicted molar refractivity (Wildman–Crippen MR) is 48.3 cm³/mol. The van der Waals surface area contributed by atoms with E-state index in [9.17, 15) is 0 Å². The Kier molecular flexibility index (Phi) is 7.15. The molecule has 0 aromatic carbocycles. The van der Waals surface area contributed by atoms with Crippen LogP contribution in [0.15, 0.2) is 24.7 Å². The molecule has 0 heterocycles. The molecule has 0 saturated carbocycles. The third-order valence-electron chi connectivity index (χ3n) is 0.905. The lowest BCUT2D eigenvalue weighted by Gasteiger charge is -2.13. The number of aliphatic hydroxyl groups excluding tert-OH is 2. The monoisotopic (exact) mass is 179 g/mol. The number of nitrogens with zero attached hydrogens (tertiary/aromatic N) is 1. The van der Waals surface area contributed by atoms with E-state index in [0.717, 1.165) is 0 Å². The molecule has 0 aromatic rings. The van der Waals surface area contributed by atoms with Crippen molar-refractivity contribution in [1.29, 1.82) is 0 Å². The van der Waals surface area contributed by atoms with Crippen LogP contribution in [-0.2, 0) is 0 Å². The van der Waals surface area contributed by atoms with Crippen molar-refractivity contribution in [2.75, 3.05) is 20.1 Å². The third-order valence-corrected chi connectivity index (χ3v) is 0.905. The van der Waals surface area contributed by atoms with Crippen LogP contribution in [0.5, 0.6) is 0 Å². The van der Waals surface area contributed by atoms with Crippen LogP contribution >= 0.6 is 12.4 Å². The summed E-state index contributed by atoms with van der Waals surface area (Å²) >= 11 is 0. The first-order valence-corrected chi connectivity index (χ1v) is 2.94. The number of rotatable bonds is 4. The Morgan fingerprint density at radius 3 is 1.64 bits per heavy atom. The van der Waals surface area contributed by atoms with E-state index in [-0.39, 0.29) is 23.9 Å². The Morgan fingerprint density at radius 2 is 1.45 bits per heavy atom. The molecule has 0 bridgehead atoms. The van der Waals surface area contributed by atoms with Gasteiger partial charge in [0.1, 0.15) is 0 Å². The van der Waals surface area contributed by atoms with Crippen molar-refractivity contribution >= 4 is 12.4 Å². The SMILES string of the molecule is C=C(O)CN(C)CC(=C)O.Cl. The summed E-state index contributed by atoms with van der Waals surface area (Å²) in [5.41, 5.74) is 0. The predicted octanol–water partition coefficient (Wildman–Crippen LogP) is 1.48. The maximum Gasteiger partial charge on any atom is 0.0991 e. The van der Waals surface area contributed by atoms with Gasteiger partial charge >= 0.3 is 0 Å². The number of hydrogen-bond donors (Lipinski definition) is 2. The average molecular weight is 180 g/mol. The summed E-state index contributed by atoms with van der Waals surface area (Å²) in [6.45, 7) is 7.33. The first-order valence-electron chi connectivity index (χ1n) is 2.94. The maximum atomic E-state index is 8.69. The van der Waals surface area contributed by atoms with Gasteiger partial charge in [-0.1, -0.05) is 13.2 Å². The van der Waals surface area contributed by atoms with Crippen molar-refractivity contribution in [1.82, 2.24) is 4.90 Å². The Hall–Kier alpha value is -0.670. The fourth-order valence-electron chi connectivity index (χ4n) is 0.679. The minimum absolute atomic E-state index is 0. The number of likely N-dealkylation sites (N-methyl/N-ethyl adjacent to an activating group) is 1. The molecule has 0 radical (unpaired) electrons. The topological polar surface area (TPSA) is 43.7 Å². The summed E-state index contributed by atoms with van der Waals surface area (Å²) in [6, 6.07) is 0. The first-order chi connectivity index (χ1) is 4.52. The molecule has 0 aromatic heterocycles. The molecular weight excluding hydrogens is 166 g/mol. The highest BCUT2D eigenvalue weighted by Crippen LogP contribution is 1.92. The van der Waals surface area contributed by atoms with Gasteiger partial charge in [0.25, 0.3) is 0 Å². The van der Waals surface area contributed by atoms with Crippen LogP contribution in [0, 0.1) is 0 Å². The van der Waals surface area contributed by atoms with Gasteiger partial charge in [-0.15, -0.1) is 12.4 Å². The van der Waals surface area contributed by atoms with Crippen LogP contribution in [0.25, 0.3) is 0 Å². The summed E-state index contributed by atoms with van der Waals surface area (Å²) in [6.07, 6.45) is 0. The van der Waals surface area contributed by atoms with Crippen LogP contribution in [0.1, 0.15) is 0 Å². The standard InChI is InChI=1S/C7H13NO2.ClH/c1-6(9)4-8(3)5-7(2)10;/h9-10H,1-2,4-5H2,3H3;1H. The van der Waals surface area contributed by atoms with Gasteiger partial charge in [-0.25, -0.2) is 0 Å². The van der Waals surface area contributed by atoms with Gasteiger partial charge in [0.05, 0.1) is 24.6 Å². The maximum absolute atomic E-state index is 8.69. The Labute approximate surface area is 73.1 Å². The zero-order chi connectivity index (χ0) is 8.15. The zero-order valence-electron chi connectivity index (χ0n) is 6.58. The van der Waals surface area contributed by atoms with E-state index in [0.29, 0.717) is 13.1 Å². The highest BCUT2D eigenvalue weighted by atomic mass is 35.5. The van der Waals surface area contributed by atoms with Gasteiger partial charge in [-0.2, -0.15) is 0 Å². The van der Waals surface area contributed by atoms with E-state index in [1.165, 1.54) is 0 Å². The molecule has 0 amide bonds. The van der Waals surface area contributed by atoms with E-state index in [2.05, 4.69) is 13.2 Å². The largest absolute Gasteiger partial charge is 0.512 e. The lowest BCUT2D eigenvalue weighted by Crippen LogP contribution is -2.22. The van der Waals surface area contributed by atoms with Crippen molar-refractivity contribution < 1.29 is 10.2 Å². The van der Waals surface area contributed by atoms with Crippen LogP contribution in [-0.4, -0.2) is 35.3 Å². The van der Waals surface area contributed by atoms with Crippen molar-refractivity contribution in [3.63, 3.8) is 0 Å². The number of hydrogen-bond acceptors (Lipinski definition) is 3. The van der Waals surface area contributed by atoms with Crippen molar-refractivity contribution in [3.05, 3.63) is 24.7 Å². The van der Waals surface area contributed by atoms with E-state index in [1.54, 1.807) is 11.9 Å². The van der Waals surface area contributed by atoms with Crippen LogP contribution in [0.4, 0.5) is 0 Å². The Morgan fingerprint density at radius 1 is 1.18 bits per heavy atom. The highest BCUT2D eigenvalue weighted by molar-refractivity contribution is 5.85. The molecule has 0 aliphatic carbocycles. The van der Waals surface area contributed by atoms with Gasteiger partial charge < -0.3 is 10.2 Å². The second kappa shape index (κ2) is 6.07. The summed E-state index contributed by atoms with van der Waals surface area (Å²) in [7, 11) is 1.75. The minimum atomic E-state index is 0. The van der Waals surface area contributed by atoms with Crippen LogP contribution < -0.4 is 0 Å². The summed E-state index contributed by atoms with van der Waals surface area (Å²) in [5.74, 6) is 0.174. The van der Waals surface area contributed by atoms with E-state index >= 15 is 0 Å². The summed E-state index contributed by atoms with van der Waals surface area (Å²) in [4.78, 5) is 1.70. The van der Waals surface area contributed by atoms with Crippen molar-refractivity contribution in [2.45, 2.75) is 0 Å². The smallest absolute Gasteiger partial charge is 0.0991 e. The third kappa shape index (κ3) is 9.33. The van der Waals surface area contributed by atoms with Crippen molar-refractivity contribution in [3.8, 4) is 0 Å². The molecule has 2 N–H and O–H groups in total. The molecule has 3 nitrogen and oxygen atoms in total. The molecule has 4 heteroatoms. The molecule has 0 saturated heterocycles. The average Bonchev–Trinajstić information content (AvgIpc) is 1.58. The van der Waals surface area contributed by atoms with Crippen LogP contribution in [0.2, 0.25) is 0 Å². The van der Waals surface area contributed by atoms with Gasteiger partial charge in [0, 0.05) is 0 Å². The zero-order valence-corrected chi connectivity index (χ0v) is 7.39. The van der Waals surface area contributed by atoms with E-state index in [4.69, 9.17) is 10.2 Å². The molecule has 11 heavy (non-hydrogen) atoms. The van der Waals surface area contributed by atoms with Crippen LogP contribution in [0.3, 0.4) is 0 Å². The Bertz CT molecular complexity index is 131. The first kappa shape index (κ1) is 13.0.